The standard InChI is InChI=1S/C19H17ClN2O3/c20-13-5-3-12(4-6-13)19(9-1-2-10-19)17(23)21-14-7-8-16-15(11-14)22-18(24)25-16/h3-8,11H,1-2,9-10H2,(H,21,23)(H,22,24). The number of rotatable bonds is 3. The van der Waals surface area contributed by atoms with Gasteiger partial charge >= 0.3 is 5.76 Å². The molecule has 6 heteroatoms. The van der Waals surface area contributed by atoms with E-state index in [9.17, 15) is 9.59 Å². The molecule has 0 bridgehead atoms. The van der Waals surface area contributed by atoms with Gasteiger partial charge in [-0.15, -0.1) is 0 Å². The lowest BCUT2D eigenvalue weighted by Gasteiger charge is -2.28. The molecule has 1 aliphatic rings. The molecule has 25 heavy (non-hydrogen) atoms. The highest BCUT2D eigenvalue weighted by molar-refractivity contribution is 6.30. The normalized spacial score (nSPS) is 16.2. The topological polar surface area (TPSA) is 75.1 Å². The summed E-state index contributed by atoms with van der Waals surface area (Å²) in [7, 11) is 0. The molecule has 0 spiro atoms. The third kappa shape index (κ3) is 2.85. The predicted molar refractivity (Wildman–Crippen MR) is 97.1 cm³/mol. The number of aromatic nitrogens is 1. The minimum Gasteiger partial charge on any atom is -0.408 e. The van der Waals surface area contributed by atoms with Gasteiger partial charge in [0.15, 0.2) is 5.58 Å². The smallest absolute Gasteiger partial charge is 0.408 e. The minimum absolute atomic E-state index is 0.0301. The second-order valence-electron chi connectivity index (χ2n) is 6.48. The van der Waals surface area contributed by atoms with Crippen molar-refractivity contribution in [2.45, 2.75) is 31.1 Å². The SMILES string of the molecule is O=C(Nc1ccc2oc(=O)[nH]c2c1)C1(c2ccc(Cl)cc2)CCCC1. The first-order chi connectivity index (χ1) is 12.1. The van der Waals surface area contributed by atoms with Crippen molar-refractivity contribution in [2.75, 3.05) is 5.32 Å². The van der Waals surface area contributed by atoms with Crippen LogP contribution in [0.25, 0.3) is 11.1 Å². The number of hydrogen-bond acceptors (Lipinski definition) is 3. The molecule has 2 aromatic carbocycles. The van der Waals surface area contributed by atoms with Gasteiger partial charge < -0.3 is 9.73 Å². The number of carbonyl (C=O) groups excluding carboxylic acids is 1. The van der Waals surface area contributed by atoms with Crippen LogP contribution in [0, 0.1) is 0 Å². The second kappa shape index (κ2) is 6.08. The van der Waals surface area contributed by atoms with E-state index in [1.54, 1.807) is 18.2 Å². The van der Waals surface area contributed by atoms with Gasteiger partial charge in [0.1, 0.15) is 0 Å². The maximum atomic E-state index is 13.1. The lowest BCUT2D eigenvalue weighted by molar-refractivity contribution is -0.121. The Morgan fingerprint density at radius 3 is 2.56 bits per heavy atom. The van der Waals surface area contributed by atoms with Gasteiger partial charge in [-0.1, -0.05) is 36.6 Å². The number of anilines is 1. The van der Waals surface area contributed by atoms with Gasteiger partial charge in [-0.25, -0.2) is 4.79 Å². The van der Waals surface area contributed by atoms with Gasteiger partial charge in [0.25, 0.3) is 0 Å². The van der Waals surface area contributed by atoms with Crippen LogP contribution < -0.4 is 11.1 Å². The summed E-state index contributed by atoms with van der Waals surface area (Å²) in [6.07, 6.45) is 3.66. The number of H-pyrrole nitrogens is 1. The summed E-state index contributed by atoms with van der Waals surface area (Å²) in [6.45, 7) is 0. The average Bonchev–Trinajstić information content (AvgIpc) is 3.21. The Balaban J connectivity index is 1.66. The molecule has 1 fully saturated rings. The maximum absolute atomic E-state index is 13.1. The van der Waals surface area contributed by atoms with E-state index in [0.29, 0.717) is 21.8 Å². The van der Waals surface area contributed by atoms with Gasteiger partial charge in [0.2, 0.25) is 5.91 Å². The largest absolute Gasteiger partial charge is 0.417 e. The first-order valence-corrected chi connectivity index (χ1v) is 8.65. The Hall–Kier alpha value is -2.53. The van der Waals surface area contributed by atoms with Crippen molar-refractivity contribution in [3.8, 4) is 0 Å². The number of oxazole rings is 1. The third-order valence-electron chi connectivity index (χ3n) is 4.97. The summed E-state index contributed by atoms with van der Waals surface area (Å²) in [5.74, 6) is -0.538. The molecule has 4 rings (SSSR count). The first kappa shape index (κ1) is 16.0. The van der Waals surface area contributed by atoms with Gasteiger partial charge in [0.05, 0.1) is 10.9 Å². The van der Waals surface area contributed by atoms with E-state index in [4.69, 9.17) is 16.0 Å². The van der Waals surface area contributed by atoms with Crippen molar-refractivity contribution in [3.63, 3.8) is 0 Å². The third-order valence-corrected chi connectivity index (χ3v) is 5.22. The van der Waals surface area contributed by atoms with Gasteiger partial charge in [-0.2, -0.15) is 0 Å². The van der Waals surface area contributed by atoms with E-state index in [2.05, 4.69) is 10.3 Å². The summed E-state index contributed by atoms with van der Waals surface area (Å²) in [6, 6.07) is 12.6. The zero-order valence-corrected chi connectivity index (χ0v) is 14.2. The van der Waals surface area contributed by atoms with E-state index in [-0.39, 0.29) is 5.91 Å². The molecule has 1 heterocycles. The van der Waals surface area contributed by atoms with Crippen LogP contribution in [0.1, 0.15) is 31.2 Å². The molecular weight excluding hydrogens is 340 g/mol. The van der Waals surface area contributed by atoms with Gasteiger partial charge in [-0.3, -0.25) is 9.78 Å². The molecule has 0 saturated heterocycles. The second-order valence-corrected chi connectivity index (χ2v) is 6.91. The van der Waals surface area contributed by atoms with Crippen LogP contribution in [0.5, 0.6) is 0 Å². The molecule has 3 aromatic rings. The van der Waals surface area contributed by atoms with E-state index in [0.717, 1.165) is 31.2 Å². The molecule has 0 unspecified atom stereocenters. The highest BCUT2D eigenvalue weighted by Crippen LogP contribution is 2.42. The Bertz CT molecular complexity index is 982. The number of carbonyl (C=O) groups is 1. The van der Waals surface area contributed by atoms with Gasteiger partial charge in [-0.05, 0) is 48.7 Å². The molecule has 0 atom stereocenters. The maximum Gasteiger partial charge on any atom is 0.417 e. The number of fused-ring (bicyclic) bond motifs is 1. The molecule has 2 N–H and O–H groups in total. The van der Waals surface area contributed by atoms with E-state index < -0.39 is 11.2 Å². The summed E-state index contributed by atoms with van der Waals surface area (Å²) in [5, 5.41) is 3.66. The monoisotopic (exact) mass is 356 g/mol. The molecule has 1 aliphatic carbocycles. The predicted octanol–water partition coefficient (Wildman–Crippen LogP) is 4.23. The van der Waals surface area contributed by atoms with Crippen molar-refractivity contribution in [2.24, 2.45) is 0 Å². The quantitative estimate of drug-likeness (QED) is 0.737. The number of benzene rings is 2. The van der Waals surface area contributed by atoms with Crippen molar-refractivity contribution >= 4 is 34.3 Å². The van der Waals surface area contributed by atoms with E-state index >= 15 is 0 Å². The Labute approximate surface area is 149 Å². The Kier molecular flexibility index (Phi) is 3.88. The fourth-order valence-electron chi connectivity index (χ4n) is 3.67. The molecule has 5 nitrogen and oxygen atoms in total. The Morgan fingerprint density at radius 2 is 1.84 bits per heavy atom. The van der Waals surface area contributed by atoms with Crippen LogP contribution in [0.4, 0.5) is 5.69 Å². The van der Waals surface area contributed by atoms with E-state index in [1.165, 1.54) is 0 Å². The highest BCUT2D eigenvalue weighted by Gasteiger charge is 2.42. The fraction of sp³-hybridized carbons (Fsp3) is 0.263. The first-order valence-electron chi connectivity index (χ1n) is 8.27. The molecule has 0 radical (unpaired) electrons. The number of amides is 1. The molecule has 128 valence electrons. The molecule has 1 saturated carbocycles. The van der Waals surface area contributed by atoms with Crippen LogP contribution >= 0.6 is 11.6 Å². The lowest BCUT2D eigenvalue weighted by atomic mass is 9.78. The van der Waals surface area contributed by atoms with Crippen LogP contribution in [-0.4, -0.2) is 10.9 Å². The molecular formula is C19H17ClN2O3. The van der Waals surface area contributed by atoms with E-state index in [1.807, 2.05) is 24.3 Å². The summed E-state index contributed by atoms with van der Waals surface area (Å²) < 4.78 is 4.99. The lowest BCUT2D eigenvalue weighted by Crippen LogP contribution is -2.37. The van der Waals surface area contributed by atoms with Crippen molar-refractivity contribution in [3.05, 3.63) is 63.6 Å². The number of halogens is 1. The van der Waals surface area contributed by atoms with Crippen LogP contribution in [0.3, 0.4) is 0 Å². The Morgan fingerprint density at radius 1 is 1.12 bits per heavy atom. The summed E-state index contributed by atoms with van der Waals surface area (Å²) >= 11 is 5.99. The molecule has 0 aliphatic heterocycles. The van der Waals surface area contributed by atoms with Crippen LogP contribution in [0.15, 0.2) is 51.7 Å². The average molecular weight is 357 g/mol. The number of hydrogen-bond donors (Lipinski definition) is 2. The highest BCUT2D eigenvalue weighted by atomic mass is 35.5. The zero-order valence-electron chi connectivity index (χ0n) is 13.5. The fourth-order valence-corrected chi connectivity index (χ4v) is 3.80. The molecule has 1 amide bonds. The number of nitrogens with one attached hydrogen (secondary N) is 2. The van der Waals surface area contributed by atoms with Crippen LogP contribution in [0.2, 0.25) is 5.02 Å². The molecule has 1 aromatic heterocycles. The zero-order chi connectivity index (χ0) is 17.4. The van der Waals surface area contributed by atoms with Crippen molar-refractivity contribution < 1.29 is 9.21 Å². The number of aromatic amines is 1. The van der Waals surface area contributed by atoms with Crippen LogP contribution in [-0.2, 0) is 10.2 Å². The van der Waals surface area contributed by atoms with Gasteiger partial charge in [0, 0.05) is 10.7 Å². The minimum atomic E-state index is -0.538. The van der Waals surface area contributed by atoms with Crippen molar-refractivity contribution in [1.82, 2.24) is 4.98 Å². The summed E-state index contributed by atoms with van der Waals surface area (Å²) in [4.78, 5) is 27.0. The summed E-state index contributed by atoms with van der Waals surface area (Å²) in [5.41, 5.74) is 2.12. The van der Waals surface area contributed by atoms with Crippen molar-refractivity contribution in [1.29, 1.82) is 0 Å².